The van der Waals surface area contributed by atoms with E-state index < -0.39 is 23.6 Å². The summed E-state index contributed by atoms with van der Waals surface area (Å²) < 4.78 is 32.1. The first-order valence-electron chi connectivity index (χ1n) is 13.3. The number of hydrogen-bond acceptors (Lipinski definition) is 6. The Labute approximate surface area is 219 Å². The highest BCUT2D eigenvalue weighted by Crippen LogP contribution is 2.38. The molecule has 0 bridgehead atoms. The van der Waals surface area contributed by atoms with E-state index in [-0.39, 0.29) is 36.3 Å². The molecule has 7 nitrogen and oxygen atoms in total. The summed E-state index contributed by atoms with van der Waals surface area (Å²) in [6.07, 6.45) is 7.02. The van der Waals surface area contributed by atoms with Crippen molar-refractivity contribution < 1.29 is 28.5 Å². The number of halogens is 2. The average molecular weight is 529 g/mol. The molecule has 1 aliphatic heterocycles. The van der Waals surface area contributed by atoms with Crippen molar-refractivity contribution >= 4 is 17.7 Å². The minimum absolute atomic E-state index is 0.0625. The number of rotatable bonds is 12. The van der Waals surface area contributed by atoms with Gasteiger partial charge >= 0.3 is 6.09 Å². The Morgan fingerprint density at radius 1 is 1.33 bits per heavy atom. The molecule has 2 N–H and O–H groups in total. The number of benzene rings is 1. The largest absolute Gasteiger partial charge is 0.445 e. The van der Waals surface area contributed by atoms with Crippen LogP contribution in [-0.2, 0) is 19.8 Å². The zero-order valence-corrected chi connectivity index (χ0v) is 22.4. The number of carbonyl (C=O) groups is 1. The zero-order chi connectivity index (χ0) is 26.0. The van der Waals surface area contributed by atoms with Gasteiger partial charge in [0.1, 0.15) is 23.6 Å². The van der Waals surface area contributed by atoms with Crippen LogP contribution in [0, 0.1) is 11.7 Å². The van der Waals surface area contributed by atoms with Crippen LogP contribution in [0.15, 0.2) is 18.2 Å². The summed E-state index contributed by atoms with van der Waals surface area (Å²) in [4.78, 5) is 14.8. The normalized spacial score (nSPS) is 21.7. The minimum Gasteiger partial charge on any atom is -0.445 e. The van der Waals surface area contributed by atoms with Crippen LogP contribution in [0.3, 0.4) is 0 Å². The molecule has 3 unspecified atom stereocenters. The van der Waals surface area contributed by atoms with E-state index in [1.165, 1.54) is 44.2 Å². The van der Waals surface area contributed by atoms with Gasteiger partial charge in [0.2, 0.25) is 0 Å². The van der Waals surface area contributed by atoms with E-state index in [1.807, 2.05) is 7.05 Å². The fourth-order valence-corrected chi connectivity index (χ4v) is 5.64. The second kappa shape index (κ2) is 14.5. The van der Waals surface area contributed by atoms with Gasteiger partial charge in [0.15, 0.2) is 0 Å². The molecule has 1 amide bonds. The molecule has 0 radical (unpaired) electrons. The Hall–Kier alpha value is -1.45. The van der Waals surface area contributed by atoms with Crippen LogP contribution in [0.5, 0.6) is 0 Å². The van der Waals surface area contributed by atoms with Gasteiger partial charge in [0, 0.05) is 32.4 Å². The molecule has 1 saturated heterocycles. The number of ether oxygens (including phenoxy) is 3. The molecule has 9 heteroatoms. The van der Waals surface area contributed by atoms with E-state index in [0.29, 0.717) is 38.5 Å². The van der Waals surface area contributed by atoms with Crippen molar-refractivity contribution in [3.63, 3.8) is 0 Å². The molecule has 204 valence electrons. The molecular weight excluding hydrogens is 487 g/mol. The molecule has 1 aromatic carbocycles. The summed E-state index contributed by atoms with van der Waals surface area (Å²) >= 11 is 6.05. The molecule has 1 aromatic rings. The first kappa shape index (κ1) is 29.1. The maximum Gasteiger partial charge on any atom is 0.410 e. The van der Waals surface area contributed by atoms with Crippen molar-refractivity contribution in [1.29, 1.82) is 0 Å². The Morgan fingerprint density at radius 3 is 2.83 bits per heavy atom. The van der Waals surface area contributed by atoms with E-state index in [4.69, 9.17) is 25.8 Å². The third-order valence-electron chi connectivity index (χ3n) is 7.45. The number of aliphatic hydroxyl groups is 1. The van der Waals surface area contributed by atoms with E-state index in [2.05, 4.69) is 5.32 Å². The molecule has 3 atom stereocenters. The SMILES string of the molecule is CNCC(CC1CCCCC1)OC(=O)N1CCOC(C(O)(CCCCOC)c2cccc(Cl)c2F)C1. The smallest absolute Gasteiger partial charge is 0.410 e. The van der Waals surface area contributed by atoms with Crippen molar-refractivity contribution in [2.45, 2.75) is 75.6 Å². The molecule has 2 aliphatic rings. The molecular formula is C27H42ClFN2O5. The number of morpholine rings is 1. The van der Waals surface area contributed by atoms with Crippen LogP contribution < -0.4 is 5.32 Å². The van der Waals surface area contributed by atoms with Gasteiger partial charge in [-0.1, -0.05) is 55.8 Å². The Balaban J connectivity index is 1.72. The predicted octanol–water partition coefficient (Wildman–Crippen LogP) is 4.88. The van der Waals surface area contributed by atoms with Gasteiger partial charge in [-0.25, -0.2) is 9.18 Å². The molecule has 1 aliphatic carbocycles. The van der Waals surface area contributed by atoms with Crippen molar-refractivity contribution in [1.82, 2.24) is 10.2 Å². The van der Waals surface area contributed by atoms with Crippen molar-refractivity contribution in [2.24, 2.45) is 5.92 Å². The quantitative estimate of drug-likeness (QED) is 0.376. The Kier molecular flexibility index (Phi) is 11.7. The molecule has 0 spiro atoms. The Bertz CT molecular complexity index is 825. The summed E-state index contributed by atoms with van der Waals surface area (Å²) in [5, 5.41) is 14.9. The lowest BCUT2D eigenvalue weighted by atomic mass is 9.82. The molecule has 0 aromatic heterocycles. The zero-order valence-electron chi connectivity index (χ0n) is 21.6. The van der Waals surface area contributed by atoms with Gasteiger partial charge < -0.3 is 29.5 Å². The predicted molar refractivity (Wildman–Crippen MR) is 138 cm³/mol. The van der Waals surface area contributed by atoms with E-state index in [0.717, 1.165) is 6.42 Å². The summed E-state index contributed by atoms with van der Waals surface area (Å²) in [7, 11) is 3.47. The Morgan fingerprint density at radius 2 is 2.11 bits per heavy atom. The van der Waals surface area contributed by atoms with Gasteiger partial charge in [0.05, 0.1) is 18.2 Å². The van der Waals surface area contributed by atoms with Gasteiger partial charge in [-0.2, -0.15) is 0 Å². The molecule has 36 heavy (non-hydrogen) atoms. The maximum atomic E-state index is 15.1. The standard InChI is InChI=1S/C27H42ClFN2O5/c1-30-18-21(17-20-9-4-3-5-10-20)36-26(32)31-14-16-35-24(19-31)27(33,13-6-7-15-34-2)22-11-8-12-23(28)25(22)29/h8,11-12,20-21,24,30,33H,3-7,9-10,13-19H2,1-2H3. The lowest BCUT2D eigenvalue weighted by molar-refractivity contribution is -0.151. The molecule has 2 fully saturated rings. The maximum absolute atomic E-state index is 15.1. The van der Waals surface area contributed by atoms with Crippen LogP contribution in [0.1, 0.15) is 63.4 Å². The van der Waals surface area contributed by atoms with Gasteiger partial charge in [-0.15, -0.1) is 0 Å². The number of nitrogens with zero attached hydrogens (tertiary/aromatic N) is 1. The van der Waals surface area contributed by atoms with Crippen molar-refractivity contribution in [3.05, 3.63) is 34.6 Å². The summed E-state index contributed by atoms with van der Waals surface area (Å²) in [6.45, 7) is 1.80. The van der Waals surface area contributed by atoms with Crippen molar-refractivity contribution in [2.75, 3.05) is 47.0 Å². The fraction of sp³-hybridized carbons (Fsp3) is 0.741. The summed E-state index contributed by atoms with van der Waals surface area (Å²) in [5.74, 6) is -0.0939. The lowest BCUT2D eigenvalue weighted by Gasteiger charge is -2.42. The topological polar surface area (TPSA) is 80.3 Å². The number of amides is 1. The van der Waals surface area contributed by atoms with Crippen LogP contribution in [0.4, 0.5) is 9.18 Å². The van der Waals surface area contributed by atoms with E-state index in [1.54, 1.807) is 18.1 Å². The fourth-order valence-electron chi connectivity index (χ4n) is 5.46. The number of hydrogen-bond donors (Lipinski definition) is 2. The second-order valence-corrected chi connectivity index (χ2v) is 10.5. The second-order valence-electron chi connectivity index (χ2n) is 10.1. The molecule has 1 saturated carbocycles. The molecule has 3 rings (SSSR count). The number of nitrogens with one attached hydrogen (secondary N) is 1. The molecule has 1 heterocycles. The number of methoxy groups -OCH3 is 1. The van der Waals surface area contributed by atoms with Crippen molar-refractivity contribution in [3.8, 4) is 0 Å². The van der Waals surface area contributed by atoms with Crippen LogP contribution in [-0.4, -0.2) is 75.3 Å². The average Bonchev–Trinajstić information content (AvgIpc) is 2.89. The third-order valence-corrected chi connectivity index (χ3v) is 7.74. The number of unbranched alkanes of at least 4 members (excludes halogenated alkanes) is 1. The first-order chi connectivity index (χ1) is 17.4. The summed E-state index contributed by atoms with van der Waals surface area (Å²) in [6, 6.07) is 4.60. The highest BCUT2D eigenvalue weighted by Gasteiger charge is 2.44. The monoisotopic (exact) mass is 528 g/mol. The highest BCUT2D eigenvalue weighted by atomic mass is 35.5. The van der Waals surface area contributed by atoms with Crippen LogP contribution in [0.25, 0.3) is 0 Å². The van der Waals surface area contributed by atoms with E-state index in [9.17, 15) is 9.90 Å². The highest BCUT2D eigenvalue weighted by molar-refractivity contribution is 6.30. The van der Waals surface area contributed by atoms with E-state index >= 15 is 4.39 Å². The summed E-state index contributed by atoms with van der Waals surface area (Å²) in [5.41, 5.74) is -1.58. The lowest BCUT2D eigenvalue weighted by Crippen LogP contribution is -2.55. The van der Waals surface area contributed by atoms with Gasteiger partial charge in [0.25, 0.3) is 0 Å². The number of likely N-dealkylation sites (N-methyl/N-ethyl adjacent to an activating group) is 1. The first-order valence-corrected chi connectivity index (χ1v) is 13.6. The van der Waals surface area contributed by atoms with Crippen LogP contribution >= 0.6 is 11.6 Å². The third kappa shape index (κ3) is 7.78. The number of carbonyl (C=O) groups excluding carboxylic acids is 1. The van der Waals surface area contributed by atoms with Gasteiger partial charge in [-0.05, 0) is 44.7 Å². The minimum atomic E-state index is -1.66. The van der Waals surface area contributed by atoms with Gasteiger partial charge in [-0.3, -0.25) is 0 Å². The van der Waals surface area contributed by atoms with Crippen LogP contribution in [0.2, 0.25) is 5.02 Å².